The molecule has 5 atom stereocenters. The topological polar surface area (TPSA) is 121 Å². The van der Waals surface area contributed by atoms with Crippen LogP contribution in [0, 0.1) is 11.8 Å². The minimum Gasteiger partial charge on any atom is -0.396 e. The minimum absolute atomic E-state index is 0.128. The van der Waals surface area contributed by atoms with E-state index < -0.39 is 29.1 Å². The lowest BCUT2D eigenvalue weighted by Crippen LogP contribution is -2.56. The number of para-hydroxylation sites is 1. The zero-order valence-electron chi connectivity index (χ0n) is 23.0. The summed E-state index contributed by atoms with van der Waals surface area (Å²) in [5.74, 6) is -2.16. The smallest absolute Gasteiger partial charge is 0.250 e. The molecule has 1 N–H and O–H groups in total. The molecule has 4 aliphatic rings. The number of rotatable bonds is 8. The first kappa shape index (κ1) is 26.6. The summed E-state index contributed by atoms with van der Waals surface area (Å²) >= 11 is 0. The highest BCUT2D eigenvalue weighted by Gasteiger charge is 2.74. The molecule has 11 nitrogen and oxygen atoms in total. The second-order valence-corrected chi connectivity index (χ2v) is 11.5. The van der Waals surface area contributed by atoms with Crippen LogP contribution in [0.3, 0.4) is 0 Å². The van der Waals surface area contributed by atoms with Crippen LogP contribution in [-0.2, 0) is 25.8 Å². The number of benzene rings is 1. The molecule has 2 saturated heterocycles. The maximum atomic E-state index is 14.4. The number of nitrogens with zero attached hydrogens (tertiary/aromatic N) is 6. The normalized spacial score (nSPS) is 31.5. The zero-order chi connectivity index (χ0) is 28.1. The summed E-state index contributed by atoms with van der Waals surface area (Å²) in [6.07, 6.45) is 10.6. The number of fused-ring (bicyclic) bond motifs is 3. The number of ether oxygens (including phenoxy) is 1. The van der Waals surface area contributed by atoms with Gasteiger partial charge < -0.3 is 24.5 Å². The lowest BCUT2D eigenvalue weighted by atomic mass is 9.74. The summed E-state index contributed by atoms with van der Waals surface area (Å²) in [7, 11) is 1.73. The Balaban J connectivity index is 1.38. The third-order valence-electron chi connectivity index (χ3n) is 8.87. The average Bonchev–Trinajstić information content (AvgIpc) is 3.47. The van der Waals surface area contributed by atoms with Gasteiger partial charge in [0.15, 0.2) is 0 Å². The fourth-order valence-electron chi connectivity index (χ4n) is 6.99. The molecule has 1 spiro atoms. The highest BCUT2D eigenvalue weighted by Crippen LogP contribution is 2.57. The SMILES string of the molecule is CN1CC=C[C@@]2(C)O[C@]34C=CCN(Cn5nnc6ccccc65)C(=O)C3N(CCCCCCO)C(=O)[C@@H]4[C@H]2C1=O. The molecule has 0 aliphatic carbocycles. The first-order valence-corrected chi connectivity index (χ1v) is 14.1. The third kappa shape index (κ3) is 4.05. The third-order valence-corrected chi connectivity index (χ3v) is 8.87. The second kappa shape index (κ2) is 10.1. The lowest BCUT2D eigenvalue weighted by molar-refractivity contribution is -0.153. The number of aliphatic hydroxyl groups is 1. The van der Waals surface area contributed by atoms with Crippen LogP contribution in [-0.4, -0.2) is 103 Å². The monoisotopic (exact) mass is 548 g/mol. The lowest BCUT2D eigenvalue weighted by Gasteiger charge is -2.37. The quantitative estimate of drug-likeness (QED) is 0.390. The van der Waals surface area contributed by atoms with Gasteiger partial charge in [0.1, 0.15) is 23.8 Å². The molecule has 212 valence electrons. The van der Waals surface area contributed by atoms with Crippen molar-refractivity contribution >= 4 is 28.8 Å². The van der Waals surface area contributed by atoms with Gasteiger partial charge >= 0.3 is 0 Å². The van der Waals surface area contributed by atoms with Crippen LogP contribution in [0.4, 0.5) is 0 Å². The molecule has 0 radical (unpaired) electrons. The van der Waals surface area contributed by atoms with Crippen molar-refractivity contribution in [3.63, 3.8) is 0 Å². The van der Waals surface area contributed by atoms with Crippen molar-refractivity contribution in [3.05, 3.63) is 48.6 Å². The van der Waals surface area contributed by atoms with Crippen molar-refractivity contribution in [3.8, 4) is 0 Å². The molecule has 2 aromatic rings. The van der Waals surface area contributed by atoms with Crippen molar-refractivity contribution in [1.82, 2.24) is 29.7 Å². The molecule has 3 amide bonds. The molecule has 5 heterocycles. The standard InChI is InChI=1S/C29H36N6O5/c1-28-13-9-15-32(2)25(37)22(28)23-26(38)34(17-7-3-4-8-18-36)24-27(39)33(16-10-14-29(23,24)40-28)19-35-21-12-6-5-11-20(21)30-31-35/h5-6,9-14,22-24,36H,3-4,7-8,15-19H2,1-2H3/t22-,23-,24?,28+,29-/m0/s1. The molecule has 2 fully saturated rings. The van der Waals surface area contributed by atoms with Crippen LogP contribution in [0.15, 0.2) is 48.6 Å². The van der Waals surface area contributed by atoms with E-state index in [1.54, 1.807) is 26.4 Å². The average molecular weight is 549 g/mol. The van der Waals surface area contributed by atoms with E-state index in [1.165, 1.54) is 0 Å². The van der Waals surface area contributed by atoms with Crippen LogP contribution in [0.2, 0.25) is 0 Å². The Bertz CT molecular complexity index is 1390. The summed E-state index contributed by atoms with van der Waals surface area (Å²) in [5.41, 5.74) is -0.741. The number of likely N-dealkylation sites (tertiary alicyclic amines) is 1. The Morgan fingerprint density at radius 3 is 2.58 bits per heavy atom. The Morgan fingerprint density at radius 2 is 1.75 bits per heavy atom. The number of hydrogen-bond donors (Lipinski definition) is 1. The largest absolute Gasteiger partial charge is 0.396 e. The molecule has 0 bridgehead atoms. The van der Waals surface area contributed by atoms with Gasteiger partial charge in [-0.25, -0.2) is 4.68 Å². The molecular formula is C29H36N6O5. The van der Waals surface area contributed by atoms with E-state index in [2.05, 4.69) is 10.3 Å². The number of aliphatic hydroxyl groups excluding tert-OH is 1. The van der Waals surface area contributed by atoms with Gasteiger partial charge in [-0.2, -0.15) is 0 Å². The summed E-state index contributed by atoms with van der Waals surface area (Å²) in [4.78, 5) is 47.3. The Morgan fingerprint density at radius 1 is 0.975 bits per heavy atom. The minimum atomic E-state index is -1.27. The van der Waals surface area contributed by atoms with Gasteiger partial charge in [0.2, 0.25) is 11.8 Å². The van der Waals surface area contributed by atoms with Crippen LogP contribution in [0.1, 0.15) is 32.6 Å². The molecule has 1 unspecified atom stereocenters. The van der Waals surface area contributed by atoms with Crippen molar-refractivity contribution in [2.75, 3.05) is 33.3 Å². The molecule has 4 aliphatic heterocycles. The van der Waals surface area contributed by atoms with Gasteiger partial charge in [0.05, 0.1) is 23.0 Å². The van der Waals surface area contributed by atoms with Gasteiger partial charge in [-0.05, 0) is 31.9 Å². The highest BCUT2D eigenvalue weighted by molar-refractivity contribution is 6.00. The molecule has 6 rings (SSSR count). The molecule has 11 heteroatoms. The van der Waals surface area contributed by atoms with E-state index in [0.717, 1.165) is 23.9 Å². The zero-order valence-corrected chi connectivity index (χ0v) is 23.0. The van der Waals surface area contributed by atoms with Crippen LogP contribution >= 0.6 is 0 Å². The van der Waals surface area contributed by atoms with Gasteiger partial charge in [-0.1, -0.05) is 54.5 Å². The van der Waals surface area contributed by atoms with Crippen LogP contribution in [0.5, 0.6) is 0 Å². The summed E-state index contributed by atoms with van der Waals surface area (Å²) in [6.45, 7) is 3.27. The first-order chi connectivity index (χ1) is 19.3. The van der Waals surface area contributed by atoms with Crippen LogP contribution in [0.25, 0.3) is 11.0 Å². The Kier molecular flexibility index (Phi) is 6.74. The fraction of sp³-hybridized carbons (Fsp3) is 0.552. The number of unbranched alkanes of at least 4 members (excludes halogenated alkanes) is 3. The molecule has 0 saturated carbocycles. The number of aromatic nitrogens is 3. The van der Waals surface area contributed by atoms with E-state index in [1.807, 2.05) is 55.5 Å². The maximum Gasteiger partial charge on any atom is 0.250 e. The number of carbonyl (C=O) groups is 3. The summed E-state index contributed by atoms with van der Waals surface area (Å²) in [5, 5.41) is 17.7. The Labute approximate surface area is 233 Å². The van der Waals surface area contributed by atoms with Crippen molar-refractivity contribution in [2.45, 2.75) is 56.5 Å². The van der Waals surface area contributed by atoms with Gasteiger partial charge in [-0.3, -0.25) is 14.4 Å². The molecule has 40 heavy (non-hydrogen) atoms. The van der Waals surface area contributed by atoms with Gasteiger partial charge in [-0.15, -0.1) is 5.10 Å². The predicted octanol–water partition coefficient (Wildman–Crippen LogP) is 1.34. The van der Waals surface area contributed by atoms with Crippen molar-refractivity contribution < 1.29 is 24.2 Å². The molecule has 1 aromatic carbocycles. The van der Waals surface area contributed by atoms with Crippen molar-refractivity contribution in [1.29, 1.82) is 0 Å². The highest BCUT2D eigenvalue weighted by atomic mass is 16.5. The number of hydrogen-bond acceptors (Lipinski definition) is 7. The first-order valence-electron chi connectivity index (χ1n) is 14.1. The van der Waals surface area contributed by atoms with E-state index in [4.69, 9.17) is 9.84 Å². The maximum absolute atomic E-state index is 14.4. The van der Waals surface area contributed by atoms with Crippen LogP contribution < -0.4 is 0 Å². The Hall–Kier alpha value is -3.57. The van der Waals surface area contributed by atoms with E-state index >= 15 is 0 Å². The number of carbonyl (C=O) groups excluding carboxylic acids is 3. The van der Waals surface area contributed by atoms with Gasteiger partial charge in [0.25, 0.3) is 5.91 Å². The molecule has 1 aromatic heterocycles. The number of amides is 3. The summed E-state index contributed by atoms with van der Waals surface area (Å²) in [6, 6.07) is 6.66. The van der Waals surface area contributed by atoms with Crippen molar-refractivity contribution in [2.24, 2.45) is 11.8 Å². The molecular weight excluding hydrogens is 512 g/mol. The fourth-order valence-corrected chi connectivity index (χ4v) is 6.99. The van der Waals surface area contributed by atoms with E-state index in [0.29, 0.717) is 32.5 Å². The second-order valence-electron chi connectivity index (χ2n) is 11.5. The predicted molar refractivity (Wildman–Crippen MR) is 145 cm³/mol. The van der Waals surface area contributed by atoms with E-state index in [9.17, 15) is 14.4 Å². The van der Waals surface area contributed by atoms with E-state index in [-0.39, 0.29) is 31.0 Å². The number of likely N-dealkylation sites (N-methyl/N-ethyl adjacent to an activating group) is 1. The summed E-state index contributed by atoms with van der Waals surface area (Å²) < 4.78 is 8.51. The van der Waals surface area contributed by atoms with Gasteiger partial charge in [0, 0.05) is 33.3 Å².